The summed E-state index contributed by atoms with van der Waals surface area (Å²) in [4.78, 5) is 1.21. The van der Waals surface area contributed by atoms with E-state index in [9.17, 15) is 5.11 Å². The summed E-state index contributed by atoms with van der Waals surface area (Å²) in [5.41, 5.74) is 1.87. The Kier molecular flexibility index (Phi) is 4.66. The molecule has 3 nitrogen and oxygen atoms in total. The largest absolute Gasteiger partial charge is 0.388 e. The van der Waals surface area contributed by atoms with Gasteiger partial charge >= 0.3 is 0 Å². The van der Waals surface area contributed by atoms with Gasteiger partial charge in [-0.05, 0) is 43.9 Å². The van der Waals surface area contributed by atoms with Gasteiger partial charge in [0.05, 0.1) is 11.8 Å². The molecule has 1 aromatic carbocycles. The Morgan fingerprint density at radius 3 is 2.42 bits per heavy atom. The van der Waals surface area contributed by atoms with E-state index in [-0.39, 0.29) is 0 Å². The zero-order valence-corrected chi connectivity index (χ0v) is 12.4. The Balaban J connectivity index is 2.04. The number of aliphatic hydroxyl groups is 1. The van der Waals surface area contributed by atoms with E-state index in [4.69, 9.17) is 0 Å². The van der Waals surface area contributed by atoms with Crippen molar-refractivity contribution in [1.29, 1.82) is 0 Å². The molecule has 19 heavy (non-hydrogen) atoms. The van der Waals surface area contributed by atoms with Gasteiger partial charge in [-0.25, -0.2) is 0 Å². The number of hydrogen-bond donors (Lipinski definition) is 1. The zero-order valence-electron chi connectivity index (χ0n) is 11.6. The van der Waals surface area contributed by atoms with Crippen molar-refractivity contribution in [3.8, 4) is 0 Å². The van der Waals surface area contributed by atoms with Crippen LogP contribution in [0.1, 0.15) is 37.3 Å². The van der Waals surface area contributed by atoms with Crippen LogP contribution in [0.15, 0.2) is 41.4 Å². The van der Waals surface area contributed by atoms with Crippen LogP contribution in [0.4, 0.5) is 0 Å². The predicted octanol–water partition coefficient (Wildman–Crippen LogP) is 3.46. The van der Waals surface area contributed by atoms with Crippen LogP contribution in [0.25, 0.3) is 0 Å². The molecule has 1 N–H and O–H groups in total. The second kappa shape index (κ2) is 6.26. The third kappa shape index (κ3) is 3.61. The average Bonchev–Trinajstić information content (AvgIpc) is 2.87. The summed E-state index contributed by atoms with van der Waals surface area (Å²) in [6.07, 6.45) is 4.07. The number of benzene rings is 1. The van der Waals surface area contributed by atoms with Gasteiger partial charge in [0.2, 0.25) is 0 Å². The highest BCUT2D eigenvalue weighted by Gasteiger charge is 2.11. The maximum atomic E-state index is 10.2. The Morgan fingerprint density at radius 2 is 1.89 bits per heavy atom. The van der Waals surface area contributed by atoms with Gasteiger partial charge in [0.1, 0.15) is 0 Å². The number of rotatable bonds is 5. The number of hydrogen-bond acceptors (Lipinski definition) is 3. The van der Waals surface area contributed by atoms with Crippen LogP contribution in [-0.4, -0.2) is 21.1 Å². The molecule has 0 spiro atoms. The summed E-state index contributed by atoms with van der Waals surface area (Å²) in [6, 6.07) is 10.4. The van der Waals surface area contributed by atoms with Crippen LogP contribution in [0.3, 0.4) is 0 Å². The smallest absolute Gasteiger partial charge is 0.0846 e. The molecular weight excluding hydrogens is 256 g/mol. The molecule has 1 atom stereocenters. The van der Waals surface area contributed by atoms with Crippen LogP contribution in [0.2, 0.25) is 0 Å². The predicted molar refractivity (Wildman–Crippen MR) is 79.5 cm³/mol. The van der Waals surface area contributed by atoms with Gasteiger partial charge in [-0.1, -0.05) is 12.1 Å². The van der Waals surface area contributed by atoms with Crippen molar-refractivity contribution in [2.75, 3.05) is 6.26 Å². The zero-order chi connectivity index (χ0) is 13.8. The highest BCUT2D eigenvalue weighted by Crippen LogP contribution is 2.21. The quantitative estimate of drug-likeness (QED) is 0.850. The van der Waals surface area contributed by atoms with E-state index in [0.29, 0.717) is 12.5 Å². The molecule has 0 saturated carbocycles. The average molecular weight is 276 g/mol. The first-order valence-corrected chi connectivity index (χ1v) is 7.68. The normalized spacial score (nSPS) is 12.9. The molecule has 0 saturated heterocycles. The van der Waals surface area contributed by atoms with E-state index in [0.717, 1.165) is 11.3 Å². The van der Waals surface area contributed by atoms with Gasteiger partial charge in [0.15, 0.2) is 0 Å². The third-order valence-corrected chi connectivity index (χ3v) is 3.84. The first-order valence-electron chi connectivity index (χ1n) is 6.46. The Hall–Kier alpha value is -1.26. The Bertz CT molecular complexity index is 519. The van der Waals surface area contributed by atoms with Crippen LogP contribution in [0, 0.1) is 0 Å². The SMILES string of the molecule is CSc1ccc(C(O)Cc2ccn(C(C)C)n2)cc1. The van der Waals surface area contributed by atoms with E-state index < -0.39 is 6.10 Å². The Labute approximate surface area is 118 Å². The molecule has 2 rings (SSSR count). The third-order valence-electron chi connectivity index (χ3n) is 3.10. The van der Waals surface area contributed by atoms with Crippen molar-refractivity contribution in [1.82, 2.24) is 9.78 Å². The van der Waals surface area contributed by atoms with Crippen LogP contribution in [0.5, 0.6) is 0 Å². The molecule has 1 heterocycles. The molecule has 0 aliphatic rings. The molecular formula is C15H20N2OS. The highest BCUT2D eigenvalue weighted by molar-refractivity contribution is 7.98. The number of aromatic nitrogens is 2. The summed E-state index contributed by atoms with van der Waals surface area (Å²) in [5, 5.41) is 14.7. The molecule has 0 amide bonds. The number of thioether (sulfide) groups is 1. The van der Waals surface area contributed by atoms with E-state index in [1.165, 1.54) is 4.90 Å². The van der Waals surface area contributed by atoms with Gasteiger partial charge < -0.3 is 5.11 Å². The van der Waals surface area contributed by atoms with Crippen LogP contribution >= 0.6 is 11.8 Å². The lowest BCUT2D eigenvalue weighted by Crippen LogP contribution is -2.05. The maximum Gasteiger partial charge on any atom is 0.0846 e. The van der Waals surface area contributed by atoms with Crippen molar-refractivity contribution in [3.05, 3.63) is 47.8 Å². The molecule has 2 aromatic rings. The van der Waals surface area contributed by atoms with Crippen molar-refractivity contribution in [2.45, 2.75) is 37.3 Å². The first kappa shape index (κ1) is 14.2. The van der Waals surface area contributed by atoms with Gasteiger partial charge in [0.25, 0.3) is 0 Å². The van der Waals surface area contributed by atoms with Gasteiger partial charge in [0, 0.05) is 23.6 Å². The number of nitrogens with zero attached hydrogens (tertiary/aromatic N) is 2. The van der Waals surface area contributed by atoms with Crippen molar-refractivity contribution < 1.29 is 5.11 Å². The van der Waals surface area contributed by atoms with Crippen molar-refractivity contribution in [2.24, 2.45) is 0 Å². The molecule has 0 aliphatic carbocycles. The topological polar surface area (TPSA) is 38.0 Å². The summed E-state index contributed by atoms with van der Waals surface area (Å²) in [6.45, 7) is 4.18. The van der Waals surface area contributed by atoms with Crippen molar-refractivity contribution >= 4 is 11.8 Å². The van der Waals surface area contributed by atoms with Gasteiger partial charge in [-0.3, -0.25) is 4.68 Å². The summed E-state index contributed by atoms with van der Waals surface area (Å²) in [5.74, 6) is 0. The first-order chi connectivity index (χ1) is 9.10. The van der Waals surface area contributed by atoms with Crippen molar-refractivity contribution in [3.63, 3.8) is 0 Å². The van der Waals surface area contributed by atoms with E-state index in [1.807, 2.05) is 47.5 Å². The van der Waals surface area contributed by atoms with E-state index in [1.54, 1.807) is 11.8 Å². The fraction of sp³-hybridized carbons (Fsp3) is 0.400. The molecule has 0 fully saturated rings. The van der Waals surface area contributed by atoms with E-state index >= 15 is 0 Å². The molecule has 1 aromatic heterocycles. The lowest BCUT2D eigenvalue weighted by atomic mass is 10.1. The molecule has 102 valence electrons. The minimum Gasteiger partial charge on any atom is -0.388 e. The molecule has 0 radical (unpaired) electrons. The minimum absolute atomic E-state index is 0.353. The minimum atomic E-state index is -0.494. The molecule has 0 bridgehead atoms. The summed E-state index contributed by atoms with van der Waals surface area (Å²) < 4.78 is 1.92. The Morgan fingerprint density at radius 1 is 1.21 bits per heavy atom. The molecule has 1 unspecified atom stereocenters. The number of aliphatic hydroxyl groups excluding tert-OH is 1. The fourth-order valence-corrected chi connectivity index (χ4v) is 2.32. The monoisotopic (exact) mass is 276 g/mol. The summed E-state index contributed by atoms with van der Waals surface area (Å²) >= 11 is 1.70. The molecule has 0 aliphatic heterocycles. The van der Waals surface area contributed by atoms with Crippen LogP contribution < -0.4 is 0 Å². The summed E-state index contributed by atoms with van der Waals surface area (Å²) in [7, 11) is 0. The van der Waals surface area contributed by atoms with Crippen LogP contribution in [-0.2, 0) is 6.42 Å². The van der Waals surface area contributed by atoms with Gasteiger partial charge in [-0.15, -0.1) is 11.8 Å². The maximum absolute atomic E-state index is 10.2. The lowest BCUT2D eigenvalue weighted by molar-refractivity contribution is 0.177. The standard InChI is InChI=1S/C15H20N2OS/c1-11(2)17-9-8-13(16-17)10-15(18)12-4-6-14(19-3)7-5-12/h4-9,11,15,18H,10H2,1-3H3. The van der Waals surface area contributed by atoms with E-state index in [2.05, 4.69) is 18.9 Å². The molecule has 4 heteroatoms. The second-order valence-corrected chi connectivity index (χ2v) is 5.75. The highest BCUT2D eigenvalue weighted by atomic mass is 32.2. The fourth-order valence-electron chi connectivity index (χ4n) is 1.92. The second-order valence-electron chi connectivity index (χ2n) is 4.87. The lowest BCUT2D eigenvalue weighted by Gasteiger charge is -2.10. The van der Waals surface area contributed by atoms with Gasteiger partial charge in [-0.2, -0.15) is 5.10 Å².